The summed E-state index contributed by atoms with van der Waals surface area (Å²) in [4.78, 5) is 0.104. The van der Waals surface area contributed by atoms with Crippen LogP contribution in [0.4, 0.5) is 4.39 Å². The van der Waals surface area contributed by atoms with Crippen LogP contribution in [0, 0.1) is 5.82 Å². The lowest BCUT2D eigenvalue weighted by atomic mass is 9.99. The van der Waals surface area contributed by atoms with E-state index in [-0.39, 0.29) is 10.7 Å². The van der Waals surface area contributed by atoms with E-state index in [2.05, 4.69) is 5.16 Å². The van der Waals surface area contributed by atoms with E-state index in [1.165, 1.54) is 35.7 Å². The standard InChI is InChI=1S/C23H19FN2O3S/c1-26(23(17-7-3-2-4-8-17)18-11-13-19(24)14-12-18)30(27,28)22-10-6-5-9-20(22)21-15-16-25-29-21/h2-16,23H,1H3. The number of nitrogens with zero attached hydrogens (tertiary/aromatic N) is 2. The summed E-state index contributed by atoms with van der Waals surface area (Å²) in [7, 11) is -2.43. The topological polar surface area (TPSA) is 63.4 Å². The van der Waals surface area contributed by atoms with Gasteiger partial charge in [0.1, 0.15) is 5.82 Å². The summed E-state index contributed by atoms with van der Waals surface area (Å²) in [5.41, 5.74) is 1.85. The van der Waals surface area contributed by atoms with Gasteiger partial charge in [0, 0.05) is 18.7 Å². The van der Waals surface area contributed by atoms with Crippen LogP contribution in [0.1, 0.15) is 17.2 Å². The molecule has 5 nitrogen and oxygen atoms in total. The lowest BCUT2D eigenvalue weighted by molar-refractivity contribution is 0.415. The molecule has 30 heavy (non-hydrogen) atoms. The third kappa shape index (κ3) is 3.77. The van der Waals surface area contributed by atoms with Crippen LogP contribution in [-0.2, 0) is 10.0 Å². The Balaban J connectivity index is 1.84. The van der Waals surface area contributed by atoms with Gasteiger partial charge in [-0.3, -0.25) is 0 Å². The SMILES string of the molecule is CN(C(c1ccccc1)c1ccc(F)cc1)S(=O)(=O)c1ccccc1-c1ccno1. The highest BCUT2D eigenvalue weighted by Crippen LogP contribution is 2.35. The number of benzene rings is 3. The summed E-state index contributed by atoms with van der Waals surface area (Å²) in [6.45, 7) is 0. The molecule has 0 amide bonds. The van der Waals surface area contributed by atoms with Crippen molar-refractivity contribution in [2.45, 2.75) is 10.9 Å². The Kier molecular flexibility index (Phi) is 5.48. The van der Waals surface area contributed by atoms with Crippen molar-refractivity contribution >= 4 is 10.0 Å². The van der Waals surface area contributed by atoms with Crippen molar-refractivity contribution < 1.29 is 17.3 Å². The molecule has 0 spiro atoms. The molecule has 0 saturated heterocycles. The summed E-state index contributed by atoms with van der Waals surface area (Å²) in [6, 6.07) is 22.7. The monoisotopic (exact) mass is 422 g/mol. The minimum absolute atomic E-state index is 0.104. The second-order valence-electron chi connectivity index (χ2n) is 6.76. The molecule has 0 N–H and O–H groups in total. The van der Waals surface area contributed by atoms with Crippen LogP contribution >= 0.6 is 0 Å². The van der Waals surface area contributed by atoms with Crippen molar-refractivity contribution in [3.8, 4) is 11.3 Å². The van der Waals surface area contributed by atoms with Gasteiger partial charge in [0.25, 0.3) is 0 Å². The predicted molar refractivity (Wildman–Crippen MR) is 112 cm³/mol. The molecule has 0 aliphatic carbocycles. The summed E-state index contributed by atoms with van der Waals surface area (Å²) < 4.78 is 47.4. The largest absolute Gasteiger partial charge is 0.356 e. The first-order valence-corrected chi connectivity index (χ1v) is 10.7. The molecule has 1 unspecified atom stereocenters. The van der Waals surface area contributed by atoms with Gasteiger partial charge < -0.3 is 4.52 Å². The first-order valence-electron chi connectivity index (χ1n) is 9.27. The molecule has 0 radical (unpaired) electrons. The Morgan fingerprint density at radius 3 is 2.17 bits per heavy atom. The van der Waals surface area contributed by atoms with Crippen molar-refractivity contribution in [3.05, 3.63) is 108 Å². The Bertz CT molecular complexity index is 1230. The summed E-state index contributed by atoms with van der Waals surface area (Å²) in [6.07, 6.45) is 1.47. The second kappa shape index (κ2) is 8.22. The van der Waals surface area contributed by atoms with Crippen LogP contribution in [0.2, 0.25) is 0 Å². The normalized spacial score (nSPS) is 12.8. The maximum atomic E-state index is 13.7. The fraction of sp³-hybridized carbons (Fsp3) is 0.0870. The molecule has 1 atom stereocenters. The Morgan fingerprint density at radius 2 is 1.50 bits per heavy atom. The maximum Gasteiger partial charge on any atom is 0.244 e. The highest BCUT2D eigenvalue weighted by Gasteiger charge is 2.32. The van der Waals surface area contributed by atoms with Crippen molar-refractivity contribution in [2.75, 3.05) is 7.05 Å². The van der Waals surface area contributed by atoms with Gasteiger partial charge in [-0.2, -0.15) is 4.31 Å². The molecule has 0 aliphatic heterocycles. The summed E-state index contributed by atoms with van der Waals surface area (Å²) in [5, 5.41) is 3.69. The van der Waals surface area contributed by atoms with E-state index in [0.717, 1.165) is 5.56 Å². The fourth-order valence-electron chi connectivity index (χ4n) is 3.44. The molecule has 152 valence electrons. The third-order valence-electron chi connectivity index (χ3n) is 4.91. The minimum Gasteiger partial charge on any atom is -0.356 e. The van der Waals surface area contributed by atoms with Crippen LogP contribution in [-0.4, -0.2) is 24.9 Å². The Labute approximate surface area is 174 Å². The fourth-order valence-corrected chi connectivity index (χ4v) is 4.96. The number of hydrogen-bond donors (Lipinski definition) is 0. The molecule has 3 aromatic carbocycles. The molecule has 0 bridgehead atoms. The van der Waals surface area contributed by atoms with E-state index in [9.17, 15) is 12.8 Å². The van der Waals surface area contributed by atoms with E-state index >= 15 is 0 Å². The van der Waals surface area contributed by atoms with Crippen LogP contribution in [0.15, 0.2) is 101 Å². The third-order valence-corrected chi connectivity index (χ3v) is 6.79. The van der Waals surface area contributed by atoms with Gasteiger partial charge in [-0.1, -0.05) is 59.8 Å². The number of sulfonamides is 1. The van der Waals surface area contributed by atoms with Gasteiger partial charge in [0.2, 0.25) is 10.0 Å². The van der Waals surface area contributed by atoms with Crippen LogP contribution in [0.25, 0.3) is 11.3 Å². The number of halogens is 1. The van der Waals surface area contributed by atoms with Gasteiger partial charge in [0.15, 0.2) is 5.76 Å². The lowest BCUT2D eigenvalue weighted by Gasteiger charge is -2.29. The Morgan fingerprint density at radius 1 is 0.867 bits per heavy atom. The zero-order valence-electron chi connectivity index (χ0n) is 16.1. The van der Waals surface area contributed by atoms with E-state index in [1.54, 1.807) is 36.4 Å². The van der Waals surface area contributed by atoms with Crippen molar-refractivity contribution in [2.24, 2.45) is 0 Å². The molecule has 0 aliphatic rings. The highest BCUT2D eigenvalue weighted by molar-refractivity contribution is 7.89. The predicted octanol–water partition coefficient (Wildman–Crippen LogP) is 4.89. The van der Waals surface area contributed by atoms with Crippen LogP contribution in [0.5, 0.6) is 0 Å². The van der Waals surface area contributed by atoms with Gasteiger partial charge in [0.05, 0.1) is 17.1 Å². The second-order valence-corrected chi connectivity index (χ2v) is 8.72. The lowest BCUT2D eigenvalue weighted by Crippen LogP contribution is -2.32. The zero-order valence-corrected chi connectivity index (χ0v) is 17.0. The summed E-state index contributed by atoms with van der Waals surface area (Å²) >= 11 is 0. The van der Waals surface area contributed by atoms with Crippen molar-refractivity contribution in [3.63, 3.8) is 0 Å². The number of rotatable bonds is 6. The zero-order chi connectivity index (χ0) is 21.1. The quantitative estimate of drug-likeness (QED) is 0.444. The summed E-state index contributed by atoms with van der Waals surface area (Å²) in [5.74, 6) is -0.0210. The average Bonchev–Trinajstić information content (AvgIpc) is 3.31. The van der Waals surface area contributed by atoms with Gasteiger partial charge in [-0.05, 0) is 35.4 Å². The number of hydrogen-bond acceptors (Lipinski definition) is 4. The highest BCUT2D eigenvalue weighted by atomic mass is 32.2. The average molecular weight is 422 g/mol. The molecule has 1 aromatic heterocycles. The van der Waals surface area contributed by atoms with E-state index in [0.29, 0.717) is 16.9 Å². The van der Waals surface area contributed by atoms with Crippen LogP contribution < -0.4 is 0 Å². The first-order chi connectivity index (χ1) is 14.5. The molecule has 0 saturated carbocycles. The van der Waals surface area contributed by atoms with E-state index < -0.39 is 16.1 Å². The number of aromatic nitrogens is 1. The Hall–Kier alpha value is -3.29. The van der Waals surface area contributed by atoms with Gasteiger partial charge in [-0.15, -0.1) is 0 Å². The molecule has 4 aromatic rings. The van der Waals surface area contributed by atoms with Crippen LogP contribution in [0.3, 0.4) is 0 Å². The smallest absolute Gasteiger partial charge is 0.244 e. The minimum atomic E-state index is -3.95. The molecular weight excluding hydrogens is 403 g/mol. The molecular formula is C23H19FN2O3S. The first kappa shape index (κ1) is 20.0. The molecule has 1 heterocycles. The van der Waals surface area contributed by atoms with Gasteiger partial charge in [-0.25, -0.2) is 12.8 Å². The molecule has 0 fully saturated rings. The van der Waals surface area contributed by atoms with Gasteiger partial charge >= 0.3 is 0 Å². The molecule has 7 heteroatoms. The maximum absolute atomic E-state index is 13.7. The van der Waals surface area contributed by atoms with E-state index in [4.69, 9.17) is 4.52 Å². The van der Waals surface area contributed by atoms with E-state index in [1.807, 2.05) is 30.3 Å². The van der Waals surface area contributed by atoms with Crippen molar-refractivity contribution in [1.82, 2.24) is 9.46 Å². The van der Waals surface area contributed by atoms with Crippen molar-refractivity contribution in [1.29, 1.82) is 0 Å². The molecule has 4 rings (SSSR count).